The molecular weight excluding hydrogens is 789 g/mol. The van der Waals surface area contributed by atoms with Gasteiger partial charge in [0, 0.05) is 56.8 Å². The van der Waals surface area contributed by atoms with Gasteiger partial charge in [0.05, 0.1) is 22.1 Å². The summed E-state index contributed by atoms with van der Waals surface area (Å²) in [5.74, 6) is -4.99. The van der Waals surface area contributed by atoms with E-state index in [1.807, 2.05) is 121 Å². The number of aromatic hydroxyl groups is 5. The van der Waals surface area contributed by atoms with Gasteiger partial charge in [0.15, 0.2) is 23.1 Å². The van der Waals surface area contributed by atoms with Crippen molar-refractivity contribution in [3.05, 3.63) is 170 Å². The van der Waals surface area contributed by atoms with E-state index in [9.17, 15) is 25.5 Å². The zero-order valence-corrected chi connectivity index (χ0v) is 33.6. The maximum Gasteiger partial charge on any atom is 0.238 e. The third-order valence-corrected chi connectivity index (χ3v) is 11.8. The first-order valence-electron chi connectivity index (χ1n) is 20.2. The number of para-hydroxylation sites is 5. The van der Waals surface area contributed by atoms with Crippen LogP contribution in [-0.4, -0.2) is 56.7 Å². The van der Waals surface area contributed by atoms with Crippen molar-refractivity contribution in [2.45, 2.75) is 0 Å². The number of phenols is 5. The Hall–Kier alpha value is -8.83. The molecule has 5 N–H and O–H groups in total. The van der Waals surface area contributed by atoms with Gasteiger partial charge in [-0.3, -0.25) is 4.57 Å². The maximum absolute atomic E-state index is 11.3. The molecule has 0 fully saturated rings. The van der Waals surface area contributed by atoms with Crippen molar-refractivity contribution < 1.29 is 25.5 Å². The van der Waals surface area contributed by atoms with Crippen LogP contribution in [0.15, 0.2) is 170 Å². The number of aromatic nitrogens is 5. The predicted molar refractivity (Wildman–Crippen MR) is 248 cm³/mol. The van der Waals surface area contributed by atoms with Gasteiger partial charge in [-0.25, -0.2) is 4.98 Å². The van der Waals surface area contributed by atoms with Crippen LogP contribution >= 0.6 is 0 Å². The molecule has 11 aromatic rings. The van der Waals surface area contributed by atoms with Crippen molar-refractivity contribution in [2.75, 3.05) is 11.9 Å². The van der Waals surface area contributed by atoms with Gasteiger partial charge in [0.1, 0.15) is 5.56 Å². The Kier molecular flexibility index (Phi) is 8.51. The molecule has 0 aliphatic carbocycles. The Morgan fingerprint density at radius 3 is 1.56 bits per heavy atom. The zero-order chi connectivity index (χ0) is 42.9. The van der Waals surface area contributed by atoms with Crippen LogP contribution in [0.5, 0.6) is 28.7 Å². The second kappa shape index (κ2) is 14.4. The standard InChI is InChI=1S/C52H36N6O5/c1-56(32-14-4-2-5-15-32)39-21-11-8-18-34(39)30-24-26-31(27-25-30)50-53-51(42-45(59)47(61)49(63)48(62)46(42)60)55-52(54-50)58-41-23-13-10-20-36(41)38-29-28-37-35-19-9-12-22-40(35)57(43(37)44(38)58)33-16-6-3-7-17-33/h2-29,59-63H,1H3. The molecule has 0 aliphatic heterocycles. The highest BCUT2D eigenvalue weighted by molar-refractivity contribution is 6.23. The Labute approximate surface area is 359 Å². The summed E-state index contributed by atoms with van der Waals surface area (Å²) < 4.78 is 4.17. The van der Waals surface area contributed by atoms with Crippen LogP contribution in [-0.2, 0) is 0 Å². The van der Waals surface area contributed by atoms with E-state index in [1.54, 1.807) is 0 Å². The highest BCUT2D eigenvalue weighted by atomic mass is 16.4. The van der Waals surface area contributed by atoms with Gasteiger partial charge in [0.25, 0.3) is 0 Å². The number of hydrogen-bond donors (Lipinski definition) is 5. The number of nitrogens with zero attached hydrogens (tertiary/aromatic N) is 6. The van der Waals surface area contributed by atoms with Gasteiger partial charge in [-0.05, 0) is 48.0 Å². The Balaban J connectivity index is 1.19. The van der Waals surface area contributed by atoms with E-state index in [1.165, 1.54) is 0 Å². The molecule has 0 aliphatic rings. The third-order valence-electron chi connectivity index (χ3n) is 11.8. The van der Waals surface area contributed by atoms with E-state index in [4.69, 9.17) is 15.0 Å². The van der Waals surface area contributed by atoms with Crippen molar-refractivity contribution in [1.29, 1.82) is 0 Å². The zero-order valence-electron chi connectivity index (χ0n) is 33.6. The van der Waals surface area contributed by atoms with Gasteiger partial charge in [-0.15, -0.1) is 0 Å². The summed E-state index contributed by atoms with van der Waals surface area (Å²) in [5.41, 5.74) is 8.47. The third kappa shape index (κ3) is 5.78. The molecule has 8 aromatic carbocycles. The lowest BCUT2D eigenvalue weighted by Crippen LogP contribution is -2.10. The molecule has 11 nitrogen and oxygen atoms in total. The Morgan fingerprint density at radius 2 is 0.905 bits per heavy atom. The van der Waals surface area contributed by atoms with Crippen LogP contribution in [0, 0.1) is 0 Å². The summed E-state index contributed by atoms with van der Waals surface area (Å²) in [6.45, 7) is 0. The first-order chi connectivity index (χ1) is 30.8. The number of benzene rings is 8. The molecule has 0 saturated heterocycles. The summed E-state index contributed by atoms with van der Waals surface area (Å²) in [7, 11) is 2.03. The number of anilines is 2. The first-order valence-corrected chi connectivity index (χ1v) is 20.2. The van der Waals surface area contributed by atoms with Gasteiger partial charge in [-0.1, -0.05) is 127 Å². The van der Waals surface area contributed by atoms with Gasteiger partial charge in [-0.2, -0.15) is 9.97 Å². The lowest BCUT2D eigenvalue weighted by atomic mass is 10.0. The summed E-state index contributed by atoms with van der Waals surface area (Å²) in [6, 6.07) is 56.5. The number of rotatable bonds is 7. The SMILES string of the molecule is CN(c1ccccc1)c1ccccc1-c1ccc(-c2nc(-c3c(O)c(O)c(O)c(O)c3O)nc(-n3c4ccccc4c4ccc5c6ccccc6n(-c6ccccc6)c5c43)n2)cc1. The van der Waals surface area contributed by atoms with Crippen LogP contribution < -0.4 is 4.90 Å². The average Bonchev–Trinajstić information content (AvgIpc) is 3.86. The van der Waals surface area contributed by atoms with Crippen LogP contribution in [0.25, 0.3) is 89.2 Å². The van der Waals surface area contributed by atoms with E-state index < -0.39 is 34.3 Å². The number of hydrogen-bond acceptors (Lipinski definition) is 9. The fourth-order valence-corrected chi connectivity index (χ4v) is 8.76. The molecular formula is C52H36N6O5. The van der Waals surface area contributed by atoms with Crippen molar-refractivity contribution in [1.82, 2.24) is 24.1 Å². The minimum Gasteiger partial charge on any atom is -0.504 e. The minimum atomic E-state index is -1.09. The van der Waals surface area contributed by atoms with Crippen LogP contribution in [0.1, 0.15) is 0 Å². The molecule has 0 radical (unpaired) electrons. The van der Waals surface area contributed by atoms with Crippen molar-refractivity contribution in [2.24, 2.45) is 0 Å². The van der Waals surface area contributed by atoms with Gasteiger partial charge in [0.2, 0.25) is 23.2 Å². The second-order valence-corrected chi connectivity index (χ2v) is 15.3. The lowest BCUT2D eigenvalue weighted by Gasteiger charge is -2.23. The molecule has 0 atom stereocenters. The predicted octanol–water partition coefficient (Wildman–Crippen LogP) is 11.4. The molecule has 11 rings (SSSR count). The largest absolute Gasteiger partial charge is 0.504 e. The quantitative estimate of drug-likeness (QED) is 0.0781. The minimum absolute atomic E-state index is 0.128. The molecule has 3 aromatic heterocycles. The smallest absolute Gasteiger partial charge is 0.238 e. The molecule has 0 spiro atoms. The Morgan fingerprint density at radius 1 is 0.413 bits per heavy atom. The summed E-state index contributed by atoms with van der Waals surface area (Å²) >= 11 is 0. The van der Waals surface area contributed by atoms with Crippen molar-refractivity contribution in [3.63, 3.8) is 0 Å². The topological polar surface area (TPSA) is 153 Å². The van der Waals surface area contributed by atoms with Crippen molar-refractivity contribution >= 4 is 55.0 Å². The molecule has 63 heavy (non-hydrogen) atoms. The highest BCUT2D eigenvalue weighted by Gasteiger charge is 2.29. The number of fused-ring (bicyclic) bond motifs is 7. The summed E-state index contributed by atoms with van der Waals surface area (Å²) in [5, 5.41) is 58.2. The average molecular weight is 825 g/mol. The van der Waals surface area contributed by atoms with Crippen LogP contribution in [0.3, 0.4) is 0 Å². The van der Waals surface area contributed by atoms with Gasteiger partial charge < -0.3 is 35.0 Å². The first kappa shape index (κ1) is 37.2. The molecule has 0 bridgehead atoms. The molecule has 0 unspecified atom stereocenters. The van der Waals surface area contributed by atoms with E-state index in [2.05, 4.69) is 70.1 Å². The second-order valence-electron chi connectivity index (χ2n) is 15.3. The Bertz CT molecular complexity index is 3560. The fraction of sp³-hybridized carbons (Fsp3) is 0.0192. The fourth-order valence-electron chi connectivity index (χ4n) is 8.76. The lowest BCUT2D eigenvalue weighted by molar-refractivity contribution is 0.329. The van der Waals surface area contributed by atoms with Crippen LogP contribution in [0.4, 0.5) is 11.4 Å². The maximum atomic E-state index is 11.3. The number of phenolic OH excluding ortho intramolecular Hbond substituents is 5. The molecule has 304 valence electrons. The van der Waals surface area contributed by atoms with Crippen LogP contribution in [0.2, 0.25) is 0 Å². The molecule has 0 saturated carbocycles. The summed E-state index contributed by atoms with van der Waals surface area (Å²) in [4.78, 5) is 16.9. The van der Waals surface area contributed by atoms with Gasteiger partial charge >= 0.3 is 0 Å². The van der Waals surface area contributed by atoms with E-state index in [0.717, 1.165) is 71.8 Å². The molecule has 11 heteroatoms. The van der Waals surface area contributed by atoms with Crippen molar-refractivity contribution in [3.8, 4) is 74.3 Å². The normalized spacial score (nSPS) is 11.6. The molecule has 0 amide bonds. The van der Waals surface area contributed by atoms with E-state index in [-0.39, 0.29) is 17.6 Å². The molecule has 3 heterocycles. The van der Waals surface area contributed by atoms with E-state index in [0.29, 0.717) is 5.56 Å². The highest BCUT2D eigenvalue weighted by Crippen LogP contribution is 2.54. The summed E-state index contributed by atoms with van der Waals surface area (Å²) in [6.07, 6.45) is 0. The monoisotopic (exact) mass is 824 g/mol. The van der Waals surface area contributed by atoms with E-state index >= 15 is 0 Å².